The predicted molar refractivity (Wildman–Crippen MR) is 107 cm³/mol. The number of aromatic nitrogens is 2. The Morgan fingerprint density at radius 2 is 1.48 bits per heavy atom. The maximum atomic E-state index is 13.4. The van der Waals surface area contributed by atoms with E-state index in [1.807, 2.05) is 67.6 Å². The molecule has 0 saturated carbocycles. The Bertz CT molecular complexity index is 1180. The van der Waals surface area contributed by atoms with Gasteiger partial charge in [-0.25, -0.2) is 17.4 Å². The van der Waals surface area contributed by atoms with Crippen molar-refractivity contribution in [3.05, 3.63) is 95.8 Å². The van der Waals surface area contributed by atoms with Gasteiger partial charge in [0, 0.05) is 6.42 Å². The number of imidazole rings is 1. The third-order valence-corrected chi connectivity index (χ3v) is 6.42. The van der Waals surface area contributed by atoms with Crippen LogP contribution in [0.15, 0.2) is 83.8 Å². The molecular weight excluding hydrogens is 356 g/mol. The summed E-state index contributed by atoms with van der Waals surface area (Å²) in [5, 5.41) is 0. The monoisotopic (exact) mass is 376 g/mol. The van der Waals surface area contributed by atoms with Gasteiger partial charge in [-0.3, -0.25) is 0 Å². The molecule has 0 fully saturated rings. The maximum Gasteiger partial charge on any atom is 0.269 e. The smallest absolute Gasteiger partial charge is 0.232 e. The van der Waals surface area contributed by atoms with Gasteiger partial charge in [-0.2, -0.15) is 0 Å². The molecule has 4 nitrogen and oxygen atoms in total. The van der Waals surface area contributed by atoms with Crippen LogP contribution in [0.2, 0.25) is 0 Å². The van der Waals surface area contributed by atoms with Crippen molar-refractivity contribution in [3.8, 4) is 0 Å². The molecular formula is C22H20N2O2S. The van der Waals surface area contributed by atoms with Gasteiger partial charge in [-0.05, 0) is 41.8 Å². The van der Waals surface area contributed by atoms with Gasteiger partial charge in [-0.15, -0.1) is 0 Å². The molecule has 0 bridgehead atoms. The topological polar surface area (TPSA) is 52.0 Å². The minimum atomic E-state index is -3.74. The van der Waals surface area contributed by atoms with E-state index in [-0.39, 0.29) is 4.90 Å². The Hall–Kier alpha value is -2.92. The number of hydrogen-bond donors (Lipinski definition) is 0. The highest BCUT2D eigenvalue weighted by atomic mass is 32.2. The van der Waals surface area contributed by atoms with Crippen LogP contribution in [0.5, 0.6) is 0 Å². The average molecular weight is 376 g/mol. The Balaban J connectivity index is 1.89. The second-order valence-corrected chi connectivity index (χ2v) is 8.23. The summed E-state index contributed by atoms with van der Waals surface area (Å²) in [6.45, 7) is 2.05. The molecule has 0 aliphatic heterocycles. The zero-order valence-corrected chi connectivity index (χ0v) is 15.9. The standard InChI is InChI=1S/C22H20N2O2S/c1-2-17-12-14-19(15-13-17)27(25,26)24-21-11-7-6-10-20(21)23-22(24)16-18-8-4-3-5-9-18/h3-15H,2,16H2,1H3. The van der Waals surface area contributed by atoms with Gasteiger partial charge in [0.15, 0.2) is 0 Å². The van der Waals surface area contributed by atoms with Crippen LogP contribution in [0.25, 0.3) is 11.0 Å². The molecule has 1 heterocycles. The lowest BCUT2D eigenvalue weighted by atomic mass is 10.1. The number of aryl methyl sites for hydroxylation is 1. The Kier molecular flexibility index (Phi) is 4.54. The van der Waals surface area contributed by atoms with Crippen molar-refractivity contribution >= 4 is 21.1 Å². The lowest BCUT2D eigenvalue weighted by molar-refractivity contribution is 0.586. The summed E-state index contributed by atoms with van der Waals surface area (Å²) in [4.78, 5) is 4.89. The number of rotatable bonds is 5. The third kappa shape index (κ3) is 3.26. The van der Waals surface area contributed by atoms with E-state index in [0.717, 1.165) is 17.5 Å². The Morgan fingerprint density at radius 3 is 2.19 bits per heavy atom. The first-order valence-electron chi connectivity index (χ1n) is 8.94. The van der Waals surface area contributed by atoms with E-state index < -0.39 is 10.0 Å². The molecule has 3 aromatic carbocycles. The molecule has 4 rings (SSSR count). The fraction of sp³-hybridized carbons (Fsp3) is 0.136. The van der Waals surface area contributed by atoms with Gasteiger partial charge in [-0.1, -0.05) is 61.5 Å². The van der Waals surface area contributed by atoms with Crippen LogP contribution in [-0.4, -0.2) is 17.4 Å². The molecule has 0 saturated heterocycles. The molecule has 0 amide bonds. The fourth-order valence-corrected chi connectivity index (χ4v) is 4.70. The summed E-state index contributed by atoms with van der Waals surface area (Å²) in [6, 6.07) is 24.2. The van der Waals surface area contributed by atoms with E-state index >= 15 is 0 Å². The molecule has 0 aliphatic carbocycles. The van der Waals surface area contributed by atoms with Crippen LogP contribution in [0, 0.1) is 0 Å². The minimum Gasteiger partial charge on any atom is -0.232 e. The molecule has 1 aromatic heterocycles. The maximum absolute atomic E-state index is 13.4. The second-order valence-electron chi connectivity index (χ2n) is 6.45. The van der Waals surface area contributed by atoms with Crippen LogP contribution in [-0.2, 0) is 22.9 Å². The van der Waals surface area contributed by atoms with Crippen molar-refractivity contribution in [2.75, 3.05) is 0 Å². The van der Waals surface area contributed by atoms with Crippen LogP contribution >= 0.6 is 0 Å². The molecule has 0 N–H and O–H groups in total. The first-order valence-corrected chi connectivity index (χ1v) is 10.4. The zero-order chi connectivity index (χ0) is 18.9. The highest BCUT2D eigenvalue weighted by Crippen LogP contribution is 2.25. The first kappa shape index (κ1) is 17.5. The average Bonchev–Trinajstić information content (AvgIpc) is 3.07. The van der Waals surface area contributed by atoms with Crippen molar-refractivity contribution < 1.29 is 8.42 Å². The number of fused-ring (bicyclic) bond motifs is 1. The summed E-state index contributed by atoms with van der Waals surface area (Å²) in [5.41, 5.74) is 3.40. The number of nitrogens with zero attached hydrogens (tertiary/aromatic N) is 2. The second kappa shape index (κ2) is 7.00. The molecule has 27 heavy (non-hydrogen) atoms. The van der Waals surface area contributed by atoms with E-state index in [0.29, 0.717) is 23.3 Å². The van der Waals surface area contributed by atoms with E-state index in [2.05, 4.69) is 4.98 Å². The fourth-order valence-electron chi connectivity index (χ4n) is 3.21. The Labute approximate surface area is 159 Å². The van der Waals surface area contributed by atoms with Crippen molar-refractivity contribution in [3.63, 3.8) is 0 Å². The first-order chi connectivity index (χ1) is 13.1. The van der Waals surface area contributed by atoms with Gasteiger partial charge in [0.2, 0.25) is 0 Å². The lowest BCUT2D eigenvalue weighted by Gasteiger charge is -2.11. The quantitative estimate of drug-likeness (QED) is 0.518. The van der Waals surface area contributed by atoms with Gasteiger partial charge in [0.05, 0.1) is 15.9 Å². The summed E-state index contributed by atoms with van der Waals surface area (Å²) in [7, 11) is -3.74. The van der Waals surface area contributed by atoms with E-state index in [4.69, 9.17) is 0 Å². The highest BCUT2D eigenvalue weighted by molar-refractivity contribution is 7.90. The van der Waals surface area contributed by atoms with Crippen molar-refractivity contribution in [2.45, 2.75) is 24.7 Å². The van der Waals surface area contributed by atoms with Crippen molar-refractivity contribution in [1.29, 1.82) is 0 Å². The van der Waals surface area contributed by atoms with Crippen LogP contribution in [0.4, 0.5) is 0 Å². The van der Waals surface area contributed by atoms with E-state index in [1.54, 1.807) is 18.2 Å². The largest absolute Gasteiger partial charge is 0.269 e. The molecule has 0 spiro atoms. The van der Waals surface area contributed by atoms with Crippen molar-refractivity contribution in [2.24, 2.45) is 0 Å². The van der Waals surface area contributed by atoms with Gasteiger partial charge in [0.1, 0.15) is 5.82 Å². The van der Waals surface area contributed by atoms with E-state index in [1.165, 1.54) is 3.97 Å². The lowest BCUT2D eigenvalue weighted by Crippen LogP contribution is -2.16. The van der Waals surface area contributed by atoms with Crippen LogP contribution < -0.4 is 0 Å². The SMILES string of the molecule is CCc1ccc(S(=O)(=O)n2c(Cc3ccccc3)nc3ccccc32)cc1. The van der Waals surface area contributed by atoms with Crippen molar-refractivity contribution in [1.82, 2.24) is 8.96 Å². The van der Waals surface area contributed by atoms with Gasteiger partial charge < -0.3 is 0 Å². The molecule has 5 heteroatoms. The molecule has 0 unspecified atom stereocenters. The summed E-state index contributed by atoms with van der Waals surface area (Å²) >= 11 is 0. The van der Waals surface area contributed by atoms with Crippen LogP contribution in [0.1, 0.15) is 23.9 Å². The summed E-state index contributed by atoms with van der Waals surface area (Å²) in [6.07, 6.45) is 1.31. The van der Waals surface area contributed by atoms with Gasteiger partial charge >= 0.3 is 0 Å². The number of benzene rings is 3. The number of hydrogen-bond acceptors (Lipinski definition) is 3. The molecule has 0 atom stereocenters. The Morgan fingerprint density at radius 1 is 0.815 bits per heavy atom. The molecule has 0 aliphatic rings. The minimum absolute atomic E-state index is 0.275. The molecule has 4 aromatic rings. The predicted octanol–water partition coefficient (Wildman–Crippen LogP) is 4.43. The normalized spacial score (nSPS) is 11.7. The summed E-state index contributed by atoms with van der Waals surface area (Å²) in [5.74, 6) is 0.516. The highest BCUT2D eigenvalue weighted by Gasteiger charge is 2.24. The van der Waals surface area contributed by atoms with E-state index in [9.17, 15) is 8.42 Å². The molecule has 136 valence electrons. The van der Waals surface area contributed by atoms with Crippen LogP contribution in [0.3, 0.4) is 0 Å². The third-order valence-electron chi connectivity index (χ3n) is 4.66. The number of para-hydroxylation sites is 2. The molecule has 0 radical (unpaired) electrons. The zero-order valence-electron chi connectivity index (χ0n) is 15.0. The van der Waals surface area contributed by atoms with Gasteiger partial charge in [0.25, 0.3) is 10.0 Å². The summed E-state index contributed by atoms with van der Waals surface area (Å²) < 4.78 is 28.3.